The third kappa shape index (κ3) is 7.15. The summed E-state index contributed by atoms with van der Waals surface area (Å²) < 4.78 is 44.6. The molecule has 2 N–H and O–H groups in total. The molecule has 1 aromatic rings. The number of hydrogen-bond acceptors (Lipinski definition) is 3. The second-order valence-corrected chi connectivity index (χ2v) is 4.21. The molecular formula is C12H15F3N2O2S. The Kier molecular flexibility index (Phi) is 6.53. The molecule has 0 saturated carbocycles. The average Bonchev–Trinajstić information content (AvgIpc) is 2.35. The van der Waals surface area contributed by atoms with E-state index in [1.807, 2.05) is 0 Å². The van der Waals surface area contributed by atoms with Gasteiger partial charge in [0.2, 0.25) is 0 Å². The maximum absolute atomic E-state index is 12.0. The summed E-state index contributed by atoms with van der Waals surface area (Å²) in [6.07, 6.45) is -3.89. The topological polar surface area (TPSA) is 42.5 Å². The molecular weight excluding hydrogens is 293 g/mol. The van der Waals surface area contributed by atoms with Gasteiger partial charge < -0.3 is 20.1 Å². The third-order valence-electron chi connectivity index (χ3n) is 2.16. The lowest BCUT2D eigenvalue weighted by Gasteiger charge is -2.12. The Balaban J connectivity index is 2.39. The van der Waals surface area contributed by atoms with Crippen molar-refractivity contribution in [3.05, 3.63) is 24.3 Å². The first-order valence-corrected chi connectivity index (χ1v) is 6.21. The molecule has 0 heterocycles. The van der Waals surface area contributed by atoms with Crippen molar-refractivity contribution in [2.75, 3.05) is 25.6 Å². The summed E-state index contributed by atoms with van der Waals surface area (Å²) in [5.74, 6) is -0.276. The SMILES string of the molecule is COCCCNC(=S)Nc1ccc(OC(F)(F)F)cc1. The Labute approximate surface area is 120 Å². The normalized spacial score (nSPS) is 11.0. The summed E-state index contributed by atoms with van der Waals surface area (Å²) in [6, 6.07) is 5.32. The highest BCUT2D eigenvalue weighted by atomic mass is 32.1. The first kappa shape index (κ1) is 16.5. The van der Waals surface area contributed by atoms with Crippen LogP contribution in [0.4, 0.5) is 18.9 Å². The van der Waals surface area contributed by atoms with Gasteiger partial charge in [-0.3, -0.25) is 0 Å². The Morgan fingerprint density at radius 3 is 2.45 bits per heavy atom. The molecule has 0 atom stereocenters. The average molecular weight is 308 g/mol. The van der Waals surface area contributed by atoms with Crippen molar-refractivity contribution in [2.45, 2.75) is 12.8 Å². The molecule has 0 aliphatic carbocycles. The van der Waals surface area contributed by atoms with Crippen LogP contribution in [0, 0.1) is 0 Å². The van der Waals surface area contributed by atoms with E-state index in [2.05, 4.69) is 15.4 Å². The van der Waals surface area contributed by atoms with Crippen molar-refractivity contribution in [3.63, 3.8) is 0 Å². The Hall–Kier alpha value is -1.54. The van der Waals surface area contributed by atoms with Crippen molar-refractivity contribution in [1.82, 2.24) is 5.32 Å². The number of anilines is 1. The van der Waals surface area contributed by atoms with E-state index in [-0.39, 0.29) is 5.75 Å². The van der Waals surface area contributed by atoms with Gasteiger partial charge in [-0.1, -0.05) is 0 Å². The number of alkyl halides is 3. The van der Waals surface area contributed by atoms with E-state index in [0.29, 0.717) is 24.0 Å². The predicted molar refractivity (Wildman–Crippen MR) is 73.8 cm³/mol. The molecule has 1 rings (SSSR count). The van der Waals surface area contributed by atoms with Crippen molar-refractivity contribution in [3.8, 4) is 5.75 Å². The lowest BCUT2D eigenvalue weighted by molar-refractivity contribution is -0.274. The van der Waals surface area contributed by atoms with E-state index in [0.717, 1.165) is 6.42 Å². The Morgan fingerprint density at radius 1 is 1.25 bits per heavy atom. The van der Waals surface area contributed by atoms with Crippen LogP contribution in [0.2, 0.25) is 0 Å². The maximum atomic E-state index is 12.0. The standard InChI is InChI=1S/C12H15F3N2O2S/c1-18-8-2-7-16-11(20)17-9-3-5-10(6-4-9)19-12(13,14)15/h3-6H,2,7-8H2,1H3,(H2,16,17,20). The second kappa shape index (κ2) is 7.91. The first-order valence-electron chi connectivity index (χ1n) is 5.80. The monoisotopic (exact) mass is 308 g/mol. The van der Waals surface area contributed by atoms with Crippen LogP contribution in [-0.2, 0) is 4.74 Å². The minimum absolute atomic E-state index is 0.276. The molecule has 0 radical (unpaired) electrons. The van der Waals surface area contributed by atoms with Crippen LogP contribution >= 0.6 is 12.2 Å². The van der Waals surface area contributed by atoms with Crippen LogP contribution in [0.1, 0.15) is 6.42 Å². The van der Waals surface area contributed by atoms with E-state index in [1.54, 1.807) is 7.11 Å². The molecule has 20 heavy (non-hydrogen) atoms. The van der Waals surface area contributed by atoms with Gasteiger partial charge in [0.05, 0.1) is 0 Å². The molecule has 112 valence electrons. The van der Waals surface area contributed by atoms with Gasteiger partial charge in [0.1, 0.15) is 5.75 Å². The van der Waals surface area contributed by atoms with E-state index >= 15 is 0 Å². The molecule has 0 spiro atoms. The van der Waals surface area contributed by atoms with Gasteiger partial charge in [-0.15, -0.1) is 13.2 Å². The zero-order valence-corrected chi connectivity index (χ0v) is 11.6. The summed E-state index contributed by atoms with van der Waals surface area (Å²) in [4.78, 5) is 0. The lowest BCUT2D eigenvalue weighted by Crippen LogP contribution is -2.29. The van der Waals surface area contributed by atoms with E-state index in [9.17, 15) is 13.2 Å². The van der Waals surface area contributed by atoms with Gasteiger partial charge in [-0.25, -0.2) is 0 Å². The van der Waals surface area contributed by atoms with Crippen molar-refractivity contribution in [1.29, 1.82) is 0 Å². The van der Waals surface area contributed by atoms with Crippen LogP contribution in [0.5, 0.6) is 5.75 Å². The number of hydrogen-bond donors (Lipinski definition) is 2. The van der Waals surface area contributed by atoms with Gasteiger partial charge in [-0.05, 0) is 42.9 Å². The summed E-state index contributed by atoms with van der Waals surface area (Å²) in [7, 11) is 1.61. The molecule has 0 aliphatic heterocycles. The van der Waals surface area contributed by atoms with Crippen molar-refractivity contribution < 1.29 is 22.6 Å². The van der Waals surface area contributed by atoms with E-state index in [4.69, 9.17) is 17.0 Å². The largest absolute Gasteiger partial charge is 0.573 e. The highest BCUT2D eigenvalue weighted by Gasteiger charge is 2.30. The summed E-state index contributed by atoms with van der Waals surface area (Å²) in [5.41, 5.74) is 0.573. The predicted octanol–water partition coefficient (Wildman–Crippen LogP) is 2.91. The zero-order valence-electron chi connectivity index (χ0n) is 10.8. The van der Waals surface area contributed by atoms with Crippen LogP contribution in [0.3, 0.4) is 0 Å². The number of thiocarbonyl (C=S) groups is 1. The van der Waals surface area contributed by atoms with Gasteiger partial charge in [0.25, 0.3) is 0 Å². The van der Waals surface area contributed by atoms with Crippen LogP contribution in [0.15, 0.2) is 24.3 Å². The van der Waals surface area contributed by atoms with E-state index in [1.165, 1.54) is 24.3 Å². The Bertz CT molecular complexity index is 424. The van der Waals surface area contributed by atoms with Gasteiger partial charge in [0, 0.05) is 25.9 Å². The molecule has 8 heteroatoms. The number of ether oxygens (including phenoxy) is 2. The van der Waals surface area contributed by atoms with Gasteiger partial charge in [0.15, 0.2) is 5.11 Å². The minimum Gasteiger partial charge on any atom is -0.406 e. The number of halogens is 3. The molecule has 0 aliphatic rings. The fourth-order valence-corrected chi connectivity index (χ4v) is 1.55. The molecule has 1 aromatic carbocycles. The number of methoxy groups -OCH3 is 1. The molecule has 4 nitrogen and oxygen atoms in total. The number of nitrogens with one attached hydrogen (secondary N) is 2. The lowest BCUT2D eigenvalue weighted by atomic mass is 10.3. The van der Waals surface area contributed by atoms with Crippen LogP contribution < -0.4 is 15.4 Å². The highest BCUT2D eigenvalue weighted by molar-refractivity contribution is 7.80. The Morgan fingerprint density at radius 2 is 1.90 bits per heavy atom. The molecule has 0 amide bonds. The maximum Gasteiger partial charge on any atom is 0.573 e. The highest BCUT2D eigenvalue weighted by Crippen LogP contribution is 2.23. The quantitative estimate of drug-likeness (QED) is 0.625. The van der Waals surface area contributed by atoms with Gasteiger partial charge in [-0.2, -0.15) is 0 Å². The van der Waals surface area contributed by atoms with E-state index < -0.39 is 6.36 Å². The molecule has 0 unspecified atom stereocenters. The number of rotatable bonds is 6. The second-order valence-electron chi connectivity index (χ2n) is 3.80. The first-order chi connectivity index (χ1) is 9.40. The van der Waals surface area contributed by atoms with Crippen LogP contribution in [0.25, 0.3) is 0 Å². The number of benzene rings is 1. The summed E-state index contributed by atoms with van der Waals surface area (Å²) in [6.45, 7) is 1.27. The molecule has 0 aromatic heterocycles. The van der Waals surface area contributed by atoms with Crippen molar-refractivity contribution in [2.24, 2.45) is 0 Å². The fraction of sp³-hybridized carbons (Fsp3) is 0.417. The molecule has 0 fully saturated rings. The summed E-state index contributed by atoms with van der Waals surface area (Å²) >= 11 is 5.03. The van der Waals surface area contributed by atoms with Crippen molar-refractivity contribution >= 4 is 23.0 Å². The smallest absolute Gasteiger partial charge is 0.406 e. The zero-order chi connectivity index (χ0) is 15.0. The summed E-state index contributed by atoms with van der Waals surface area (Å²) in [5, 5.41) is 6.19. The molecule has 0 saturated heterocycles. The minimum atomic E-state index is -4.69. The van der Waals surface area contributed by atoms with Crippen LogP contribution in [-0.4, -0.2) is 31.7 Å². The molecule has 0 bridgehead atoms. The third-order valence-corrected chi connectivity index (χ3v) is 2.40. The van der Waals surface area contributed by atoms with Gasteiger partial charge >= 0.3 is 6.36 Å². The fourth-order valence-electron chi connectivity index (χ4n) is 1.33.